The van der Waals surface area contributed by atoms with Gasteiger partial charge in [0.25, 0.3) is 0 Å². The number of H-pyrrole nitrogens is 1. The van der Waals surface area contributed by atoms with Crippen molar-refractivity contribution in [3.63, 3.8) is 0 Å². The van der Waals surface area contributed by atoms with E-state index in [1.54, 1.807) is 6.07 Å². The van der Waals surface area contributed by atoms with E-state index in [4.69, 9.17) is 0 Å². The summed E-state index contributed by atoms with van der Waals surface area (Å²) in [7, 11) is 0. The summed E-state index contributed by atoms with van der Waals surface area (Å²) in [6.45, 7) is 2.74. The van der Waals surface area contributed by atoms with E-state index in [0.29, 0.717) is 5.82 Å². The second-order valence-electron chi connectivity index (χ2n) is 5.86. The minimum atomic E-state index is -0.279. The lowest BCUT2D eigenvalue weighted by Gasteiger charge is -2.16. The van der Waals surface area contributed by atoms with Crippen molar-refractivity contribution in [1.82, 2.24) is 20.5 Å². The molecule has 0 saturated carbocycles. The van der Waals surface area contributed by atoms with Crippen LogP contribution in [0.25, 0.3) is 10.9 Å². The molecule has 2 aromatic heterocycles. The van der Waals surface area contributed by atoms with Crippen LogP contribution >= 0.6 is 0 Å². The molecule has 0 bridgehead atoms. The molecular formula is C17H18N6O. The fourth-order valence-electron chi connectivity index (χ4n) is 2.97. The lowest BCUT2D eigenvalue weighted by Crippen LogP contribution is -2.31. The highest BCUT2D eigenvalue weighted by Gasteiger charge is 2.18. The zero-order valence-electron chi connectivity index (χ0n) is 13.3. The van der Waals surface area contributed by atoms with Gasteiger partial charge >= 0.3 is 6.03 Å². The van der Waals surface area contributed by atoms with Gasteiger partial charge in [0, 0.05) is 19.0 Å². The van der Waals surface area contributed by atoms with Gasteiger partial charge in [0.1, 0.15) is 5.82 Å². The number of amides is 2. The van der Waals surface area contributed by atoms with Gasteiger partial charge in [0.15, 0.2) is 5.82 Å². The quantitative estimate of drug-likeness (QED) is 0.596. The maximum absolute atomic E-state index is 12.3. The fourth-order valence-corrected chi connectivity index (χ4v) is 2.97. The Morgan fingerprint density at radius 1 is 1.29 bits per heavy atom. The van der Waals surface area contributed by atoms with Crippen molar-refractivity contribution in [3.05, 3.63) is 47.7 Å². The van der Waals surface area contributed by atoms with Crippen molar-refractivity contribution in [1.29, 1.82) is 0 Å². The van der Waals surface area contributed by atoms with Crippen molar-refractivity contribution in [3.8, 4) is 0 Å². The van der Waals surface area contributed by atoms with Gasteiger partial charge in [-0.3, -0.25) is 10.4 Å². The molecule has 3 heterocycles. The molecule has 0 aliphatic carbocycles. The standard InChI is InChI=1S/C17H18N6O/c1-10(11-5-3-2-4-6-11)19-17(24)21-14-9-13-15-12(20-14)7-8-18-16(15)23-22-13/h2-6,9-10H,7-8H2,1H3,(H2,18,22,23)(H2,19,20,21,24)/t10-/m1/s1. The number of carbonyl (C=O) groups excluding carboxylic acids is 1. The lowest BCUT2D eigenvalue weighted by molar-refractivity contribution is 0.249. The molecule has 0 unspecified atom stereocenters. The lowest BCUT2D eigenvalue weighted by atomic mass is 10.1. The first-order chi connectivity index (χ1) is 11.7. The summed E-state index contributed by atoms with van der Waals surface area (Å²) < 4.78 is 0. The fraction of sp³-hybridized carbons (Fsp3) is 0.235. The van der Waals surface area contributed by atoms with E-state index in [-0.39, 0.29) is 12.1 Å². The molecule has 4 N–H and O–H groups in total. The van der Waals surface area contributed by atoms with E-state index in [9.17, 15) is 4.79 Å². The van der Waals surface area contributed by atoms with Crippen LogP contribution in [0.3, 0.4) is 0 Å². The first kappa shape index (κ1) is 14.5. The molecule has 0 radical (unpaired) electrons. The zero-order chi connectivity index (χ0) is 16.5. The molecule has 2 amide bonds. The van der Waals surface area contributed by atoms with Crippen LogP contribution in [0.5, 0.6) is 0 Å². The summed E-state index contributed by atoms with van der Waals surface area (Å²) in [5, 5.41) is 17.2. The topological polar surface area (TPSA) is 94.7 Å². The van der Waals surface area contributed by atoms with Crippen LogP contribution in [0.2, 0.25) is 0 Å². The summed E-state index contributed by atoms with van der Waals surface area (Å²) in [5.74, 6) is 1.35. The highest BCUT2D eigenvalue weighted by Crippen LogP contribution is 2.28. The van der Waals surface area contributed by atoms with E-state index in [1.165, 1.54) is 0 Å². The number of rotatable bonds is 3. The number of urea groups is 1. The van der Waals surface area contributed by atoms with Crippen molar-refractivity contribution in [2.45, 2.75) is 19.4 Å². The molecular weight excluding hydrogens is 304 g/mol. The molecule has 3 aromatic rings. The Morgan fingerprint density at radius 2 is 2.12 bits per heavy atom. The summed E-state index contributed by atoms with van der Waals surface area (Å²) in [6, 6.07) is 11.3. The van der Waals surface area contributed by atoms with Crippen molar-refractivity contribution in [2.75, 3.05) is 17.2 Å². The van der Waals surface area contributed by atoms with Gasteiger partial charge in [-0.15, -0.1) is 0 Å². The van der Waals surface area contributed by atoms with E-state index < -0.39 is 0 Å². The van der Waals surface area contributed by atoms with Crippen molar-refractivity contribution < 1.29 is 4.79 Å². The third kappa shape index (κ3) is 2.64. The smallest absolute Gasteiger partial charge is 0.320 e. The first-order valence-corrected chi connectivity index (χ1v) is 7.95. The Hall–Kier alpha value is -3.09. The molecule has 1 atom stereocenters. The number of nitrogens with zero attached hydrogens (tertiary/aromatic N) is 2. The molecule has 0 saturated heterocycles. The molecule has 1 aliphatic rings. The van der Waals surface area contributed by atoms with Crippen LogP contribution in [0.4, 0.5) is 16.4 Å². The maximum Gasteiger partial charge on any atom is 0.320 e. The zero-order valence-corrected chi connectivity index (χ0v) is 13.3. The number of nitrogens with one attached hydrogen (secondary N) is 4. The van der Waals surface area contributed by atoms with Gasteiger partial charge in [-0.05, 0) is 12.5 Å². The minimum Gasteiger partial charge on any atom is -0.368 e. The predicted molar refractivity (Wildman–Crippen MR) is 93.1 cm³/mol. The average Bonchev–Trinajstić information content (AvgIpc) is 3.00. The highest BCUT2D eigenvalue weighted by atomic mass is 16.2. The molecule has 0 fully saturated rings. The second kappa shape index (κ2) is 5.84. The Labute approximate surface area is 138 Å². The highest BCUT2D eigenvalue weighted by molar-refractivity contribution is 5.96. The Morgan fingerprint density at radius 3 is 2.96 bits per heavy atom. The number of benzene rings is 1. The normalized spacial score (nSPS) is 14.0. The summed E-state index contributed by atoms with van der Waals surface area (Å²) in [6.07, 6.45) is 0.806. The number of carbonyl (C=O) groups is 1. The molecule has 7 heteroatoms. The number of aromatic nitrogens is 3. The van der Waals surface area contributed by atoms with Crippen LogP contribution in [0.15, 0.2) is 36.4 Å². The van der Waals surface area contributed by atoms with E-state index >= 15 is 0 Å². The Balaban J connectivity index is 1.51. The SMILES string of the molecule is C[C@@H](NC(=O)Nc1cc2[nH]nc3c2c(n1)CCN3)c1ccccc1. The molecule has 1 aromatic carbocycles. The number of anilines is 2. The third-order valence-corrected chi connectivity index (χ3v) is 4.16. The second-order valence-corrected chi connectivity index (χ2v) is 5.86. The van der Waals surface area contributed by atoms with Crippen molar-refractivity contribution in [2.24, 2.45) is 0 Å². The van der Waals surface area contributed by atoms with E-state index in [2.05, 4.69) is 31.1 Å². The van der Waals surface area contributed by atoms with Crippen LogP contribution in [0.1, 0.15) is 24.2 Å². The third-order valence-electron chi connectivity index (χ3n) is 4.16. The summed E-state index contributed by atoms with van der Waals surface area (Å²) in [5.41, 5.74) is 2.87. The Kier molecular flexibility index (Phi) is 3.53. The van der Waals surface area contributed by atoms with Gasteiger partial charge in [0.2, 0.25) is 0 Å². The summed E-state index contributed by atoms with van der Waals surface area (Å²) >= 11 is 0. The van der Waals surface area contributed by atoms with Crippen LogP contribution in [-0.4, -0.2) is 27.8 Å². The predicted octanol–water partition coefficient (Wildman–Crippen LogP) is 2.81. The average molecular weight is 322 g/mol. The molecule has 0 spiro atoms. The maximum atomic E-state index is 12.3. The van der Waals surface area contributed by atoms with Gasteiger partial charge < -0.3 is 10.6 Å². The Bertz CT molecular complexity index is 889. The summed E-state index contributed by atoms with van der Waals surface area (Å²) in [4.78, 5) is 16.8. The molecule has 7 nitrogen and oxygen atoms in total. The monoisotopic (exact) mass is 322 g/mol. The van der Waals surface area contributed by atoms with E-state index in [1.807, 2.05) is 37.3 Å². The largest absolute Gasteiger partial charge is 0.368 e. The van der Waals surface area contributed by atoms with Gasteiger partial charge in [0.05, 0.1) is 22.6 Å². The van der Waals surface area contributed by atoms with E-state index in [0.717, 1.165) is 40.9 Å². The van der Waals surface area contributed by atoms with Gasteiger partial charge in [-0.1, -0.05) is 30.3 Å². The number of hydrogen-bond donors (Lipinski definition) is 4. The molecule has 24 heavy (non-hydrogen) atoms. The first-order valence-electron chi connectivity index (χ1n) is 7.95. The molecule has 1 aliphatic heterocycles. The van der Waals surface area contributed by atoms with Crippen LogP contribution < -0.4 is 16.0 Å². The number of aromatic amines is 1. The van der Waals surface area contributed by atoms with Crippen LogP contribution in [-0.2, 0) is 6.42 Å². The molecule has 122 valence electrons. The number of pyridine rings is 1. The van der Waals surface area contributed by atoms with Gasteiger partial charge in [-0.25, -0.2) is 9.78 Å². The minimum absolute atomic E-state index is 0.0868. The number of hydrogen-bond acceptors (Lipinski definition) is 4. The van der Waals surface area contributed by atoms with Crippen LogP contribution in [0, 0.1) is 0 Å². The van der Waals surface area contributed by atoms with Crippen molar-refractivity contribution >= 4 is 28.6 Å². The van der Waals surface area contributed by atoms with Gasteiger partial charge in [-0.2, -0.15) is 5.10 Å². The molecule has 4 rings (SSSR count).